The van der Waals surface area contributed by atoms with Crippen molar-refractivity contribution in [3.8, 4) is 11.1 Å². The number of halogens is 2. The highest BCUT2D eigenvalue weighted by atomic mass is 79.9. The van der Waals surface area contributed by atoms with E-state index in [0.29, 0.717) is 22.9 Å². The Morgan fingerprint density at radius 3 is 2.56 bits per heavy atom. The van der Waals surface area contributed by atoms with E-state index in [1.165, 1.54) is 0 Å². The number of hydrogen-bond acceptors (Lipinski definition) is 3. The van der Waals surface area contributed by atoms with Crippen LogP contribution in [0.25, 0.3) is 32.9 Å². The van der Waals surface area contributed by atoms with Crippen LogP contribution in [0.15, 0.2) is 36.5 Å². The van der Waals surface area contributed by atoms with Gasteiger partial charge in [0.15, 0.2) is 0 Å². The Hall–Kier alpha value is -3.56. The predicted octanol–water partition coefficient (Wildman–Crippen LogP) is 7.05. The molecule has 41 heavy (non-hydrogen) atoms. The summed E-state index contributed by atoms with van der Waals surface area (Å²) >= 11 is 10.5. The van der Waals surface area contributed by atoms with Crippen molar-refractivity contribution in [2.75, 3.05) is 16.8 Å². The zero-order chi connectivity index (χ0) is 29.3. The Labute approximate surface area is 251 Å². The van der Waals surface area contributed by atoms with Crippen LogP contribution in [0.3, 0.4) is 0 Å². The van der Waals surface area contributed by atoms with Crippen molar-refractivity contribution in [2.45, 2.75) is 39.7 Å². The third-order valence-electron chi connectivity index (χ3n) is 8.38. The first-order chi connectivity index (χ1) is 19.5. The molecule has 8 nitrogen and oxygen atoms in total. The van der Waals surface area contributed by atoms with Crippen LogP contribution in [0.5, 0.6) is 0 Å². The number of alkyl halides is 1. The molecule has 0 spiro atoms. The van der Waals surface area contributed by atoms with Crippen LogP contribution in [0.2, 0.25) is 5.02 Å². The number of carbonyl (C=O) groups excluding carboxylic acids is 1. The van der Waals surface area contributed by atoms with E-state index in [1.54, 1.807) is 18.2 Å². The van der Waals surface area contributed by atoms with Crippen LogP contribution < -0.4 is 4.90 Å². The average Bonchev–Trinajstić information content (AvgIpc) is 3.53. The van der Waals surface area contributed by atoms with Gasteiger partial charge in [-0.15, -0.1) is 0 Å². The zero-order valence-electron chi connectivity index (χ0n) is 23.6. The molecule has 0 radical (unpaired) electrons. The van der Waals surface area contributed by atoms with Gasteiger partial charge in [-0.2, -0.15) is 5.10 Å². The number of aryl methyl sites for hydroxylation is 4. The smallest absolute Gasteiger partial charge is 0.335 e. The molecule has 4 heterocycles. The molecular weight excluding hydrogens is 606 g/mol. The van der Waals surface area contributed by atoms with Gasteiger partial charge in [-0.05, 0) is 63.4 Å². The highest BCUT2D eigenvalue weighted by Crippen LogP contribution is 2.45. The van der Waals surface area contributed by atoms with E-state index in [0.717, 1.165) is 68.1 Å². The molecule has 2 aromatic carbocycles. The summed E-state index contributed by atoms with van der Waals surface area (Å²) in [6.45, 7) is 6.59. The van der Waals surface area contributed by atoms with E-state index in [2.05, 4.69) is 32.5 Å². The van der Waals surface area contributed by atoms with Gasteiger partial charge in [0.25, 0.3) is 5.91 Å². The number of benzene rings is 2. The molecule has 0 saturated heterocycles. The molecule has 0 aliphatic carbocycles. The van der Waals surface area contributed by atoms with Crippen LogP contribution in [-0.4, -0.2) is 47.8 Å². The van der Waals surface area contributed by atoms with E-state index in [1.807, 2.05) is 60.4 Å². The SMILES string of the molecule is Cc1nn(C)c(C)c1-c1c(Cl)ccc2c(CCCBr)c3n(c12)[C@H](C)CN(c1cn(C)c2ccc(C(=O)O)cc12)C3=O. The maximum Gasteiger partial charge on any atom is 0.335 e. The quantitative estimate of drug-likeness (QED) is 0.203. The largest absolute Gasteiger partial charge is 0.478 e. The maximum atomic E-state index is 14.6. The normalized spacial score (nSPS) is 15.3. The molecule has 1 aliphatic rings. The molecule has 1 aliphatic heterocycles. The van der Waals surface area contributed by atoms with Crippen molar-refractivity contribution in [2.24, 2.45) is 14.1 Å². The van der Waals surface area contributed by atoms with Crippen molar-refractivity contribution < 1.29 is 14.7 Å². The Kier molecular flexibility index (Phi) is 6.77. The van der Waals surface area contributed by atoms with E-state index in [4.69, 9.17) is 11.6 Å². The average molecular weight is 637 g/mol. The number of aromatic nitrogens is 4. The van der Waals surface area contributed by atoms with Crippen molar-refractivity contribution >= 4 is 66.9 Å². The number of carboxylic acid groups (broad SMARTS) is 1. The summed E-state index contributed by atoms with van der Waals surface area (Å²) in [4.78, 5) is 28.2. The highest BCUT2D eigenvalue weighted by molar-refractivity contribution is 9.09. The molecule has 0 fully saturated rings. The Morgan fingerprint density at radius 1 is 1.15 bits per heavy atom. The van der Waals surface area contributed by atoms with E-state index >= 15 is 0 Å². The minimum atomic E-state index is -0.998. The minimum Gasteiger partial charge on any atom is -0.478 e. The lowest BCUT2D eigenvalue weighted by atomic mass is 9.98. The molecule has 0 bridgehead atoms. The lowest BCUT2D eigenvalue weighted by Gasteiger charge is -2.34. The maximum absolute atomic E-state index is 14.6. The third kappa shape index (κ3) is 4.12. The van der Waals surface area contributed by atoms with E-state index < -0.39 is 5.97 Å². The molecule has 6 rings (SSSR count). The Bertz CT molecular complexity index is 1900. The van der Waals surface area contributed by atoms with Crippen molar-refractivity contribution in [1.82, 2.24) is 18.9 Å². The molecule has 5 aromatic rings. The number of amides is 1. The fraction of sp³-hybridized carbons (Fsp3) is 0.323. The Morgan fingerprint density at radius 2 is 1.90 bits per heavy atom. The second kappa shape index (κ2) is 10.1. The molecule has 10 heteroatoms. The van der Waals surface area contributed by atoms with Gasteiger partial charge < -0.3 is 19.1 Å². The number of carboxylic acids is 1. The molecule has 0 saturated carbocycles. The molecular formula is C31H31BrClN5O3. The molecule has 1 atom stereocenters. The summed E-state index contributed by atoms with van der Waals surface area (Å²) in [5.74, 6) is -1.10. The van der Waals surface area contributed by atoms with Gasteiger partial charge >= 0.3 is 5.97 Å². The summed E-state index contributed by atoms with van der Waals surface area (Å²) < 4.78 is 5.99. The van der Waals surface area contributed by atoms with Crippen LogP contribution in [-0.2, 0) is 20.5 Å². The fourth-order valence-corrected chi connectivity index (χ4v) is 7.00. The Balaban J connectivity index is 1.63. The monoisotopic (exact) mass is 635 g/mol. The fourth-order valence-electron chi connectivity index (χ4n) is 6.47. The summed E-state index contributed by atoms with van der Waals surface area (Å²) in [7, 11) is 3.84. The third-order valence-corrected chi connectivity index (χ3v) is 9.26. The summed E-state index contributed by atoms with van der Waals surface area (Å²) in [6, 6.07) is 8.95. The molecule has 3 aromatic heterocycles. The standard InChI is InChI=1S/C31H31BrClN5O3/c1-16-14-37(25-15-35(4)24-11-8-19(31(40)41)13-22(24)25)30(39)29-20(7-6-12-32)21-9-10-23(33)27(28(21)38(16)29)26-17(2)34-36(5)18(26)3/h8-11,13,15-16H,6-7,12,14H2,1-5H3,(H,40,41)/t16-/m1/s1. The first kappa shape index (κ1) is 27.6. The van der Waals surface area contributed by atoms with Gasteiger partial charge in [0.1, 0.15) is 5.69 Å². The van der Waals surface area contributed by atoms with Crippen LogP contribution in [0.1, 0.15) is 57.2 Å². The predicted molar refractivity (Wildman–Crippen MR) is 167 cm³/mol. The van der Waals surface area contributed by atoms with Gasteiger partial charge in [-0.25, -0.2) is 4.79 Å². The molecule has 1 amide bonds. The number of anilines is 1. The lowest BCUT2D eigenvalue weighted by Crippen LogP contribution is -2.42. The van der Waals surface area contributed by atoms with Gasteiger partial charge in [0, 0.05) is 71.3 Å². The van der Waals surface area contributed by atoms with Crippen LogP contribution in [0, 0.1) is 13.8 Å². The van der Waals surface area contributed by atoms with E-state index in [9.17, 15) is 14.7 Å². The van der Waals surface area contributed by atoms with Crippen molar-refractivity contribution in [3.05, 3.63) is 69.8 Å². The van der Waals surface area contributed by atoms with Gasteiger partial charge in [-0.3, -0.25) is 9.48 Å². The van der Waals surface area contributed by atoms with E-state index in [-0.39, 0.29) is 17.5 Å². The van der Waals surface area contributed by atoms with Gasteiger partial charge in [0.05, 0.1) is 27.5 Å². The zero-order valence-corrected chi connectivity index (χ0v) is 26.0. The minimum absolute atomic E-state index is 0.0738. The summed E-state index contributed by atoms with van der Waals surface area (Å²) in [6.07, 6.45) is 3.51. The number of hydrogen-bond donors (Lipinski definition) is 1. The summed E-state index contributed by atoms with van der Waals surface area (Å²) in [5.41, 5.74) is 8.19. The number of aromatic carboxylic acids is 1. The number of carbonyl (C=O) groups is 2. The topological polar surface area (TPSA) is 85.3 Å². The first-order valence-corrected chi connectivity index (χ1v) is 15.1. The van der Waals surface area contributed by atoms with Crippen LogP contribution >= 0.6 is 27.5 Å². The molecule has 1 N–H and O–H groups in total. The van der Waals surface area contributed by atoms with Gasteiger partial charge in [0.2, 0.25) is 0 Å². The summed E-state index contributed by atoms with van der Waals surface area (Å²) in [5, 5.41) is 17.5. The molecule has 0 unspecified atom stereocenters. The van der Waals surface area contributed by atoms with Gasteiger partial charge in [-0.1, -0.05) is 33.6 Å². The van der Waals surface area contributed by atoms with Crippen molar-refractivity contribution in [1.29, 1.82) is 0 Å². The second-order valence-corrected chi connectivity index (χ2v) is 12.1. The second-order valence-electron chi connectivity index (χ2n) is 10.9. The first-order valence-electron chi connectivity index (χ1n) is 13.6. The molecule has 212 valence electrons. The number of rotatable bonds is 6. The highest BCUT2D eigenvalue weighted by Gasteiger charge is 2.37. The number of fused-ring (bicyclic) bond motifs is 4. The number of nitrogens with zero attached hydrogens (tertiary/aromatic N) is 5. The van der Waals surface area contributed by atoms with Crippen molar-refractivity contribution in [3.63, 3.8) is 0 Å². The lowest BCUT2D eigenvalue weighted by molar-refractivity contribution is 0.0697. The van der Waals surface area contributed by atoms with Crippen LogP contribution in [0.4, 0.5) is 5.69 Å².